The number of nitrogens with zero attached hydrogens (tertiary/aromatic N) is 8. The molecule has 10 N–H and O–H groups in total. The molecule has 0 radical (unpaired) electrons. The number of aliphatic hydroxyl groups is 2. The molecule has 8 aromatic rings. The van der Waals surface area contributed by atoms with Crippen LogP contribution in [0.5, 0.6) is 11.5 Å². The predicted octanol–water partition coefficient (Wildman–Crippen LogP) is 4.19. The van der Waals surface area contributed by atoms with E-state index in [2.05, 4.69) is 29.9 Å². The Kier molecular flexibility index (Phi) is 14.8. The smallest absolute Gasteiger partial charge is 0.336 e. The summed E-state index contributed by atoms with van der Waals surface area (Å²) in [7, 11) is 0. The van der Waals surface area contributed by atoms with Crippen LogP contribution in [-0.4, -0.2) is 133 Å². The van der Waals surface area contributed by atoms with E-state index in [-0.39, 0.29) is 131 Å². The number of hydrogen-bond donors (Lipinski definition) is 7. The van der Waals surface area contributed by atoms with Crippen LogP contribution in [0.4, 0.5) is 11.6 Å². The Bertz CT molecular complexity index is 3730. The summed E-state index contributed by atoms with van der Waals surface area (Å²) >= 11 is 0. The maximum atomic E-state index is 14.1. The number of Topliss-reactive ketones (excluding diaryl/α,β-unsaturated/α-hetero) is 2. The topological polar surface area (TPSA) is 386 Å². The lowest BCUT2D eigenvalue weighted by Gasteiger charge is -2.18. The molecule has 25 nitrogen and oxygen atoms in total. The minimum Gasteiger partial charge on any atom is -0.490 e. The molecule has 2 aliphatic heterocycles. The van der Waals surface area contributed by atoms with Crippen molar-refractivity contribution >= 4 is 69.7 Å². The van der Waals surface area contributed by atoms with Crippen molar-refractivity contribution in [3.63, 3.8) is 0 Å². The van der Waals surface area contributed by atoms with E-state index in [9.17, 15) is 49.2 Å². The van der Waals surface area contributed by atoms with Crippen LogP contribution in [0.25, 0.3) is 33.7 Å². The zero-order valence-electron chi connectivity index (χ0n) is 41.6. The van der Waals surface area contributed by atoms with E-state index in [0.29, 0.717) is 28.6 Å². The van der Waals surface area contributed by atoms with E-state index >= 15 is 0 Å². The zero-order valence-corrected chi connectivity index (χ0v) is 41.6. The average Bonchev–Trinajstić information content (AvgIpc) is 4.40. The van der Waals surface area contributed by atoms with Crippen LogP contribution in [0.15, 0.2) is 97.8 Å². The summed E-state index contributed by atoms with van der Waals surface area (Å²) in [6.45, 7) is -0.196. The Morgan fingerprint density at radius 3 is 1.86 bits per heavy atom. The van der Waals surface area contributed by atoms with Crippen molar-refractivity contribution < 1.29 is 68.1 Å². The molecule has 0 aliphatic carbocycles. The number of nitrogen functional groups attached to an aromatic ring is 2. The van der Waals surface area contributed by atoms with Gasteiger partial charge >= 0.3 is 11.9 Å². The lowest BCUT2D eigenvalue weighted by Crippen LogP contribution is -2.21. The second-order valence-corrected chi connectivity index (χ2v) is 18.7. The first-order valence-corrected chi connectivity index (χ1v) is 24.7. The lowest BCUT2D eigenvalue weighted by atomic mass is 9.94. The van der Waals surface area contributed by atoms with Crippen LogP contribution in [0.2, 0.25) is 0 Å². The summed E-state index contributed by atoms with van der Waals surface area (Å²) in [5.74, 6) is -4.06. The summed E-state index contributed by atoms with van der Waals surface area (Å²) in [6.07, 6.45) is -0.687. The first-order chi connectivity index (χ1) is 38.1. The third-order valence-corrected chi connectivity index (χ3v) is 13.7. The number of ether oxygens (including phenoxy) is 4. The van der Waals surface area contributed by atoms with Gasteiger partial charge in [0.25, 0.3) is 5.91 Å². The number of aliphatic hydroxyl groups excluding tert-OH is 2. The van der Waals surface area contributed by atoms with E-state index in [1.807, 2.05) is 0 Å². The number of anilines is 2. The molecule has 0 spiro atoms. The minimum atomic E-state index is -1.38. The molecule has 0 saturated carbocycles. The minimum absolute atomic E-state index is 0.00201. The fourth-order valence-electron chi connectivity index (χ4n) is 9.88. The number of rotatable bonds is 21. The molecule has 2 fully saturated rings. The quantitative estimate of drug-likeness (QED) is 0.0392. The van der Waals surface area contributed by atoms with Crippen molar-refractivity contribution in [2.24, 2.45) is 5.73 Å². The van der Waals surface area contributed by atoms with Gasteiger partial charge in [-0.15, -0.1) is 0 Å². The number of aryl methyl sites for hydroxylation is 2. The molecule has 1 amide bonds. The molecule has 10 rings (SSSR count). The van der Waals surface area contributed by atoms with Crippen LogP contribution < -0.4 is 26.7 Å². The van der Waals surface area contributed by atoms with Crippen molar-refractivity contribution in [3.05, 3.63) is 142 Å². The number of imidazole rings is 2. The molecule has 6 atom stereocenters. The first kappa shape index (κ1) is 52.9. The molecule has 0 bridgehead atoms. The van der Waals surface area contributed by atoms with Crippen molar-refractivity contribution in [1.29, 1.82) is 0 Å². The van der Waals surface area contributed by atoms with Gasteiger partial charge in [0.1, 0.15) is 54.3 Å². The molecule has 0 unspecified atom stereocenters. The number of aromatic carboxylic acids is 2. The van der Waals surface area contributed by atoms with E-state index in [1.165, 1.54) is 66.0 Å². The maximum absolute atomic E-state index is 14.1. The molecule has 25 heteroatoms. The largest absolute Gasteiger partial charge is 0.490 e. The van der Waals surface area contributed by atoms with E-state index < -0.39 is 66.3 Å². The van der Waals surface area contributed by atoms with Gasteiger partial charge in [-0.25, -0.2) is 39.5 Å². The van der Waals surface area contributed by atoms with E-state index in [1.54, 1.807) is 41.0 Å². The van der Waals surface area contributed by atoms with E-state index in [0.717, 1.165) is 0 Å². The molecule has 6 heterocycles. The fourth-order valence-corrected chi connectivity index (χ4v) is 9.88. The molecule has 4 aromatic heterocycles. The SMILES string of the molecule is NC(=O)c1c(CCC(=O)c2cc(-c3nc(N)c4ncn([C@@H]5O[C@H](COc6cccc(CCC(=O)c7ccccc7C(=O)O)c6C=O)C[C@H]5O)c4n3)ccc2C(=O)O)cccc1OC[C@@H]1C[C@@H](O)[C@H](n2cnc3c(N)ncnc32)O1. The highest BCUT2D eigenvalue weighted by atomic mass is 16.6. The number of carbonyl (C=O) groups is 6. The number of carboxylic acid groups (broad SMARTS) is 2. The van der Waals surface area contributed by atoms with Crippen molar-refractivity contribution in [2.75, 3.05) is 24.7 Å². The predicted molar refractivity (Wildman–Crippen MR) is 277 cm³/mol. The van der Waals surface area contributed by atoms with Gasteiger partial charge in [0.15, 0.2) is 59.1 Å². The number of carbonyl (C=O) groups excluding carboxylic acids is 4. The summed E-state index contributed by atoms with van der Waals surface area (Å²) in [5.41, 5.74) is 19.9. The zero-order chi connectivity index (χ0) is 55.6. The van der Waals surface area contributed by atoms with Gasteiger partial charge in [-0.2, -0.15) is 0 Å². The number of primary amides is 1. The highest BCUT2D eigenvalue weighted by molar-refractivity contribution is 6.07. The highest BCUT2D eigenvalue weighted by Crippen LogP contribution is 2.36. The van der Waals surface area contributed by atoms with Crippen LogP contribution in [0, 0.1) is 0 Å². The van der Waals surface area contributed by atoms with E-state index in [4.69, 9.17) is 36.1 Å². The molecule has 2 aliphatic rings. The normalized spacial score (nSPS) is 18.9. The summed E-state index contributed by atoms with van der Waals surface area (Å²) in [6, 6.07) is 19.5. The maximum Gasteiger partial charge on any atom is 0.336 e. The Hall–Kier alpha value is -9.56. The lowest BCUT2D eigenvalue weighted by molar-refractivity contribution is -0.0458. The third-order valence-electron chi connectivity index (χ3n) is 13.7. The summed E-state index contributed by atoms with van der Waals surface area (Å²) < 4.78 is 27.5. The number of benzene rings is 4. The average molecular weight is 1080 g/mol. The summed E-state index contributed by atoms with van der Waals surface area (Å²) in [5, 5.41) is 41.9. The van der Waals surface area contributed by atoms with Gasteiger partial charge < -0.3 is 56.6 Å². The molecule has 79 heavy (non-hydrogen) atoms. The molecular weight excluding hydrogens is 1030 g/mol. The van der Waals surface area contributed by atoms with Crippen molar-refractivity contribution in [2.45, 2.75) is 75.4 Å². The van der Waals surface area contributed by atoms with Gasteiger partial charge in [-0.1, -0.05) is 48.5 Å². The number of aromatic nitrogens is 8. The molecule has 404 valence electrons. The third kappa shape index (κ3) is 10.6. The highest BCUT2D eigenvalue weighted by Gasteiger charge is 2.39. The number of ketones is 2. The van der Waals surface area contributed by atoms with Crippen LogP contribution in [0.3, 0.4) is 0 Å². The Balaban J connectivity index is 0.809. The van der Waals surface area contributed by atoms with Gasteiger partial charge in [-0.05, 0) is 54.3 Å². The second kappa shape index (κ2) is 22.2. The Labute approximate surface area is 446 Å². The molecule has 2 saturated heterocycles. The number of nitrogens with two attached hydrogens (primary N) is 3. The van der Waals surface area contributed by atoms with Crippen LogP contribution >= 0.6 is 0 Å². The monoisotopic (exact) mass is 1080 g/mol. The number of aldehydes is 1. The fraction of sp³-hybridized carbons (Fsp3) is 0.259. The van der Waals surface area contributed by atoms with Crippen molar-refractivity contribution in [3.8, 4) is 22.9 Å². The van der Waals surface area contributed by atoms with Crippen LogP contribution in [-0.2, 0) is 22.3 Å². The van der Waals surface area contributed by atoms with Gasteiger partial charge in [-0.3, -0.25) is 28.3 Å². The van der Waals surface area contributed by atoms with Crippen LogP contribution in [0.1, 0.15) is 111 Å². The Morgan fingerprint density at radius 2 is 1.22 bits per heavy atom. The van der Waals surface area contributed by atoms with Gasteiger partial charge in [0.2, 0.25) is 0 Å². The number of fused-ring (bicyclic) bond motifs is 2. The second-order valence-electron chi connectivity index (χ2n) is 18.7. The molecular formula is C54H49N11O14. The number of amides is 1. The standard InChI is InChI=1S/C54H49N11O14/c55-45-43-49(59-23-58-45)64(24-60-43)51-38(69)19-30(78-51)22-77-41-10-4-6-27(42(41)47(57)71)13-16-37(68)34-17-28(11-14-33(34)54(74)75)48-62-46(56)44-50(63-48)65(25-61-44)52-39(70)18-29(79-52)21-76-40-9-3-5-26(35(40)20-66)12-15-36(67)31-7-1-2-8-32(31)53(72)73/h1-11,14,17,20,23-25,29-30,38-39,51-52,69-70H,12-13,15-16,18-19,21-22H2,(H2,57,71)(H,72,73)(H,74,75)(H2,55,58,59)(H2,56,62,63)/t29-,30-,38+,39+,51+,52+/m0/s1. The molecule has 4 aromatic carbocycles. The first-order valence-electron chi connectivity index (χ1n) is 24.7. The summed E-state index contributed by atoms with van der Waals surface area (Å²) in [4.78, 5) is 102. The number of carboxylic acids is 2. The number of hydrogen-bond acceptors (Lipinski definition) is 20. The van der Waals surface area contributed by atoms with Gasteiger partial charge in [0.05, 0.1) is 47.1 Å². The Morgan fingerprint density at radius 1 is 0.646 bits per heavy atom. The van der Waals surface area contributed by atoms with Crippen molar-refractivity contribution in [1.82, 2.24) is 39.0 Å². The van der Waals surface area contributed by atoms with Gasteiger partial charge in [0, 0.05) is 42.4 Å².